The van der Waals surface area contributed by atoms with Gasteiger partial charge in [0.05, 0.1) is 5.52 Å². The van der Waals surface area contributed by atoms with Gasteiger partial charge in [0.15, 0.2) is 5.69 Å². The van der Waals surface area contributed by atoms with Crippen LogP contribution >= 0.6 is 0 Å². The van der Waals surface area contributed by atoms with Crippen LogP contribution in [0.5, 0.6) is 0 Å². The number of carbonyl (C=O) groups is 2. The molecule has 32 heavy (non-hydrogen) atoms. The van der Waals surface area contributed by atoms with Crippen LogP contribution < -0.4 is 10.6 Å². The van der Waals surface area contributed by atoms with Crippen LogP contribution in [0.3, 0.4) is 0 Å². The number of hydrogen-bond acceptors (Lipinski definition) is 4. The van der Waals surface area contributed by atoms with Gasteiger partial charge in [-0.25, -0.2) is 4.39 Å². The Morgan fingerprint density at radius 2 is 1.97 bits per heavy atom. The van der Waals surface area contributed by atoms with Crippen molar-refractivity contribution in [3.63, 3.8) is 0 Å². The number of rotatable bonds is 8. The van der Waals surface area contributed by atoms with E-state index in [1.165, 1.54) is 31.4 Å². The average Bonchev–Trinajstić information content (AvgIpc) is 3.09. The van der Waals surface area contributed by atoms with E-state index in [0.717, 1.165) is 12.8 Å². The van der Waals surface area contributed by atoms with E-state index >= 15 is 0 Å². The van der Waals surface area contributed by atoms with E-state index in [-0.39, 0.29) is 24.0 Å². The maximum Gasteiger partial charge on any atom is 0.273 e. The Kier molecular flexibility index (Phi) is 7.87. The van der Waals surface area contributed by atoms with E-state index in [9.17, 15) is 14.0 Å². The van der Waals surface area contributed by atoms with Crippen molar-refractivity contribution in [2.24, 2.45) is 11.3 Å². The van der Waals surface area contributed by atoms with Crippen molar-refractivity contribution >= 4 is 22.7 Å². The summed E-state index contributed by atoms with van der Waals surface area (Å²) in [5.41, 5.74) is 0.263. The standard InChI is InChI=1S/C24H35FN4O3/c1-24(2,3)21(23(32)26-12-7-13-30)27-22(31)20-18-11-10-17(25)14-19(18)29(28-20)15-16-8-5-4-6-9-16/h10-11,14,16,21,30H,4-9,12-13,15H2,1-3H3,(H,26,32)(H,27,31)/t21-/m1/s1. The number of benzene rings is 1. The van der Waals surface area contributed by atoms with Crippen molar-refractivity contribution in [3.8, 4) is 0 Å². The number of nitrogens with zero attached hydrogens (tertiary/aromatic N) is 2. The Morgan fingerprint density at radius 3 is 2.62 bits per heavy atom. The molecule has 176 valence electrons. The van der Waals surface area contributed by atoms with Crippen LogP contribution in [0.1, 0.15) is 69.8 Å². The van der Waals surface area contributed by atoms with E-state index < -0.39 is 17.4 Å². The van der Waals surface area contributed by atoms with Gasteiger partial charge >= 0.3 is 0 Å². The number of aliphatic hydroxyl groups is 1. The summed E-state index contributed by atoms with van der Waals surface area (Å²) < 4.78 is 15.8. The molecule has 0 bridgehead atoms. The summed E-state index contributed by atoms with van der Waals surface area (Å²) in [5, 5.41) is 19.7. The molecule has 1 saturated carbocycles. The lowest BCUT2D eigenvalue weighted by molar-refractivity contribution is -0.125. The van der Waals surface area contributed by atoms with Crippen molar-refractivity contribution in [3.05, 3.63) is 29.7 Å². The van der Waals surface area contributed by atoms with Gasteiger partial charge in [0.2, 0.25) is 5.91 Å². The number of aliphatic hydroxyl groups excluding tert-OH is 1. The zero-order chi connectivity index (χ0) is 23.3. The second-order valence-electron chi connectivity index (χ2n) is 9.84. The topological polar surface area (TPSA) is 96.2 Å². The summed E-state index contributed by atoms with van der Waals surface area (Å²) in [4.78, 5) is 26.0. The number of amides is 2. The third kappa shape index (κ3) is 5.85. The van der Waals surface area contributed by atoms with Gasteiger partial charge in [-0.3, -0.25) is 14.3 Å². The van der Waals surface area contributed by atoms with Crippen molar-refractivity contribution in [1.82, 2.24) is 20.4 Å². The van der Waals surface area contributed by atoms with Gasteiger partial charge in [0, 0.05) is 25.1 Å². The summed E-state index contributed by atoms with van der Waals surface area (Å²) in [5.74, 6) is -0.673. The minimum atomic E-state index is -0.785. The van der Waals surface area contributed by atoms with Gasteiger partial charge in [-0.15, -0.1) is 0 Å². The molecular formula is C24H35FN4O3. The fourth-order valence-electron chi connectivity index (χ4n) is 4.34. The van der Waals surface area contributed by atoms with Crippen LogP contribution in [0, 0.1) is 17.2 Å². The number of carbonyl (C=O) groups excluding carboxylic acids is 2. The summed E-state index contributed by atoms with van der Waals surface area (Å²) in [7, 11) is 0. The number of aromatic nitrogens is 2. The quantitative estimate of drug-likeness (QED) is 0.542. The van der Waals surface area contributed by atoms with Gasteiger partial charge in [-0.05, 0) is 48.8 Å². The lowest BCUT2D eigenvalue weighted by Gasteiger charge is -2.30. The molecule has 1 aromatic heterocycles. The lowest BCUT2D eigenvalue weighted by atomic mass is 9.86. The highest BCUT2D eigenvalue weighted by Crippen LogP contribution is 2.28. The molecule has 0 spiro atoms. The van der Waals surface area contributed by atoms with Crippen molar-refractivity contribution in [2.75, 3.05) is 13.2 Å². The predicted octanol–water partition coefficient (Wildman–Crippen LogP) is 3.40. The van der Waals surface area contributed by atoms with Crippen LogP contribution in [0.2, 0.25) is 0 Å². The van der Waals surface area contributed by atoms with Gasteiger partial charge in [0.25, 0.3) is 5.91 Å². The highest BCUT2D eigenvalue weighted by atomic mass is 19.1. The smallest absolute Gasteiger partial charge is 0.273 e. The molecule has 1 aliphatic rings. The van der Waals surface area contributed by atoms with Crippen LogP contribution in [0.4, 0.5) is 4.39 Å². The Hall–Kier alpha value is -2.48. The van der Waals surface area contributed by atoms with Crippen LogP contribution in [-0.2, 0) is 11.3 Å². The largest absolute Gasteiger partial charge is 0.396 e. The Morgan fingerprint density at radius 1 is 1.25 bits per heavy atom. The Bertz CT molecular complexity index is 945. The number of fused-ring (bicyclic) bond motifs is 1. The molecular weight excluding hydrogens is 411 g/mol. The third-order valence-electron chi connectivity index (χ3n) is 6.12. The molecule has 0 aliphatic heterocycles. The summed E-state index contributed by atoms with van der Waals surface area (Å²) in [6, 6.07) is 3.55. The van der Waals surface area contributed by atoms with Gasteiger partial charge in [0.1, 0.15) is 11.9 Å². The number of nitrogens with one attached hydrogen (secondary N) is 2. The van der Waals surface area contributed by atoms with Crippen molar-refractivity contribution in [2.45, 2.75) is 71.9 Å². The number of halogens is 1. The first kappa shape index (κ1) is 24.2. The minimum Gasteiger partial charge on any atom is -0.396 e. The third-order valence-corrected chi connectivity index (χ3v) is 6.12. The molecule has 1 heterocycles. The highest BCUT2D eigenvalue weighted by molar-refractivity contribution is 6.06. The molecule has 7 nitrogen and oxygen atoms in total. The molecule has 0 saturated heterocycles. The molecule has 1 fully saturated rings. The van der Waals surface area contributed by atoms with Crippen LogP contribution in [-0.4, -0.2) is 45.9 Å². The Balaban J connectivity index is 1.86. The van der Waals surface area contributed by atoms with Gasteiger partial charge in [-0.2, -0.15) is 5.10 Å². The second-order valence-corrected chi connectivity index (χ2v) is 9.84. The maximum absolute atomic E-state index is 14.0. The monoisotopic (exact) mass is 446 g/mol. The average molecular weight is 447 g/mol. The molecule has 0 radical (unpaired) electrons. The first-order valence-corrected chi connectivity index (χ1v) is 11.6. The van der Waals surface area contributed by atoms with E-state index in [4.69, 9.17) is 5.11 Å². The zero-order valence-corrected chi connectivity index (χ0v) is 19.3. The fraction of sp³-hybridized carbons (Fsp3) is 0.625. The lowest BCUT2D eigenvalue weighted by Crippen LogP contribution is -2.53. The van der Waals surface area contributed by atoms with E-state index in [1.807, 2.05) is 20.8 Å². The highest BCUT2D eigenvalue weighted by Gasteiger charge is 2.34. The molecule has 2 amide bonds. The van der Waals surface area contributed by atoms with E-state index in [0.29, 0.717) is 36.3 Å². The minimum absolute atomic E-state index is 0.0200. The molecule has 1 atom stereocenters. The number of hydrogen-bond donors (Lipinski definition) is 3. The van der Waals surface area contributed by atoms with Crippen molar-refractivity contribution < 1.29 is 19.1 Å². The first-order chi connectivity index (χ1) is 15.2. The van der Waals surface area contributed by atoms with Gasteiger partial charge < -0.3 is 15.7 Å². The summed E-state index contributed by atoms with van der Waals surface area (Å²) in [6.07, 6.45) is 6.27. The molecule has 8 heteroatoms. The summed E-state index contributed by atoms with van der Waals surface area (Å²) >= 11 is 0. The first-order valence-electron chi connectivity index (χ1n) is 11.6. The van der Waals surface area contributed by atoms with Crippen LogP contribution in [0.25, 0.3) is 10.9 Å². The van der Waals surface area contributed by atoms with E-state index in [2.05, 4.69) is 15.7 Å². The van der Waals surface area contributed by atoms with Gasteiger partial charge in [-0.1, -0.05) is 40.0 Å². The maximum atomic E-state index is 14.0. The molecule has 0 unspecified atom stereocenters. The fourth-order valence-corrected chi connectivity index (χ4v) is 4.34. The summed E-state index contributed by atoms with van der Waals surface area (Å²) in [6.45, 7) is 6.58. The Labute approximate surface area is 188 Å². The normalized spacial score (nSPS) is 16.2. The molecule has 3 rings (SSSR count). The molecule has 1 aromatic carbocycles. The van der Waals surface area contributed by atoms with Crippen LogP contribution in [0.15, 0.2) is 18.2 Å². The SMILES string of the molecule is CC(C)(C)[C@H](NC(=O)c1nn(CC2CCCCC2)c2cc(F)ccc12)C(=O)NCCCO. The predicted molar refractivity (Wildman–Crippen MR) is 122 cm³/mol. The van der Waals surface area contributed by atoms with Crippen molar-refractivity contribution in [1.29, 1.82) is 0 Å². The van der Waals surface area contributed by atoms with E-state index in [1.54, 1.807) is 10.7 Å². The molecule has 3 N–H and O–H groups in total. The molecule has 2 aromatic rings. The second kappa shape index (κ2) is 10.4. The molecule has 1 aliphatic carbocycles. The zero-order valence-electron chi connectivity index (χ0n) is 19.3.